The van der Waals surface area contributed by atoms with Gasteiger partial charge in [-0.2, -0.15) is 0 Å². The van der Waals surface area contributed by atoms with E-state index in [4.69, 9.17) is 21.8 Å². The van der Waals surface area contributed by atoms with Crippen molar-refractivity contribution in [3.05, 3.63) is 28.5 Å². The number of carboxylic acids is 1. The Bertz CT molecular complexity index is 464. The van der Waals surface area contributed by atoms with Gasteiger partial charge < -0.3 is 15.5 Å². The standard InChI is InChI=1S/C11H13ClN2O4/c1-6-4-8(12)7(5-14-6)10(16)13-3-2-9(15)11(17)18/h4-5,9,15H,2-3H2,1H3,(H,13,16)(H,17,18). The summed E-state index contributed by atoms with van der Waals surface area (Å²) in [5.41, 5.74) is 0.907. The fraction of sp³-hybridized carbons (Fsp3) is 0.364. The molecule has 3 N–H and O–H groups in total. The molecule has 18 heavy (non-hydrogen) atoms. The van der Waals surface area contributed by atoms with Gasteiger partial charge in [0.25, 0.3) is 5.91 Å². The number of nitrogens with zero attached hydrogens (tertiary/aromatic N) is 1. The van der Waals surface area contributed by atoms with Crippen LogP contribution in [0.25, 0.3) is 0 Å². The van der Waals surface area contributed by atoms with Gasteiger partial charge in [-0.1, -0.05) is 11.6 Å². The maximum absolute atomic E-state index is 11.7. The first-order chi connectivity index (χ1) is 8.41. The number of carbonyl (C=O) groups excluding carboxylic acids is 1. The highest BCUT2D eigenvalue weighted by molar-refractivity contribution is 6.33. The third kappa shape index (κ3) is 3.97. The highest BCUT2D eigenvalue weighted by Gasteiger charge is 2.14. The van der Waals surface area contributed by atoms with Crippen molar-refractivity contribution in [2.45, 2.75) is 19.4 Å². The number of carboxylic acid groups (broad SMARTS) is 1. The smallest absolute Gasteiger partial charge is 0.332 e. The molecular formula is C11H13ClN2O4. The number of aromatic nitrogens is 1. The molecule has 98 valence electrons. The van der Waals surface area contributed by atoms with E-state index in [0.717, 1.165) is 0 Å². The Morgan fingerprint density at radius 2 is 2.22 bits per heavy atom. The maximum Gasteiger partial charge on any atom is 0.332 e. The quantitative estimate of drug-likeness (QED) is 0.729. The van der Waals surface area contributed by atoms with Crippen LogP contribution in [0.5, 0.6) is 0 Å². The Labute approximate surface area is 109 Å². The first-order valence-electron chi connectivity index (χ1n) is 5.23. The molecule has 0 spiro atoms. The molecule has 0 aromatic carbocycles. The number of carbonyl (C=O) groups is 2. The van der Waals surface area contributed by atoms with Crippen molar-refractivity contribution in [3.8, 4) is 0 Å². The number of nitrogens with one attached hydrogen (secondary N) is 1. The van der Waals surface area contributed by atoms with Crippen molar-refractivity contribution in [1.82, 2.24) is 10.3 Å². The third-order valence-corrected chi connectivity index (χ3v) is 2.54. The molecule has 0 bridgehead atoms. The van der Waals surface area contributed by atoms with E-state index in [1.165, 1.54) is 6.20 Å². The number of halogens is 1. The van der Waals surface area contributed by atoms with Gasteiger partial charge in [-0.15, -0.1) is 0 Å². The molecule has 1 heterocycles. The molecule has 0 saturated heterocycles. The number of aliphatic hydroxyl groups excluding tert-OH is 1. The van der Waals surface area contributed by atoms with Crippen LogP contribution >= 0.6 is 11.6 Å². The molecule has 0 saturated carbocycles. The molecule has 6 nitrogen and oxygen atoms in total. The average molecular weight is 273 g/mol. The van der Waals surface area contributed by atoms with Crippen molar-refractivity contribution in [2.75, 3.05) is 6.54 Å². The predicted octanol–water partition coefficient (Wildman–Crippen LogP) is 0.609. The van der Waals surface area contributed by atoms with E-state index in [9.17, 15) is 9.59 Å². The highest BCUT2D eigenvalue weighted by atomic mass is 35.5. The van der Waals surface area contributed by atoms with E-state index in [2.05, 4.69) is 10.3 Å². The predicted molar refractivity (Wildman–Crippen MR) is 64.6 cm³/mol. The number of hydrogen-bond donors (Lipinski definition) is 3. The largest absolute Gasteiger partial charge is 0.479 e. The average Bonchev–Trinajstić information content (AvgIpc) is 2.28. The number of amides is 1. The number of hydrogen-bond acceptors (Lipinski definition) is 4. The molecular weight excluding hydrogens is 260 g/mol. The lowest BCUT2D eigenvalue weighted by Crippen LogP contribution is -2.30. The molecule has 0 radical (unpaired) electrons. The Balaban J connectivity index is 2.53. The van der Waals surface area contributed by atoms with Gasteiger partial charge in [0.15, 0.2) is 6.10 Å². The van der Waals surface area contributed by atoms with Crippen LogP contribution < -0.4 is 5.32 Å². The van der Waals surface area contributed by atoms with Gasteiger partial charge in [0.2, 0.25) is 0 Å². The second kappa shape index (κ2) is 6.32. The van der Waals surface area contributed by atoms with Crippen LogP contribution in [-0.2, 0) is 4.79 Å². The first-order valence-corrected chi connectivity index (χ1v) is 5.61. The van der Waals surface area contributed by atoms with Gasteiger partial charge in [0.1, 0.15) is 0 Å². The van der Waals surface area contributed by atoms with Gasteiger partial charge in [-0.25, -0.2) is 4.79 Å². The molecule has 0 fully saturated rings. The number of aliphatic carboxylic acids is 1. The summed E-state index contributed by atoms with van der Waals surface area (Å²) < 4.78 is 0. The molecule has 1 aromatic heterocycles. The zero-order valence-corrected chi connectivity index (χ0v) is 10.4. The zero-order chi connectivity index (χ0) is 13.7. The van der Waals surface area contributed by atoms with Crippen LogP contribution in [0.2, 0.25) is 5.02 Å². The summed E-state index contributed by atoms with van der Waals surface area (Å²) in [6.45, 7) is 1.79. The van der Waals surface area contributed by atoms with Crippen molar-refractivity contribution in [1.29, 1.82) is 0 Å². The fourth-order valence-electron chi connectivity index (χ4n) is 1.23. The van der Waals surface area contributed by atoms with Crippen molar-refractivity contribution >= 4 is 23.5 Å². The molecule has 1 rings (SSSR count). The second-order valence-electron chi connectivity index (χ2n) is 3.70. The van der Waals surface area contributed by atoms with E-state index < -0.39 is 18.0 Å². The van der Waals surface area contributed by atoms with Crippen LogP contribution in [-0.4, -0.2) is 39.7 Å². The number of pyridine rings is 1. The topological polar surface area (TPSA) is 99.5 Å². The number of aryl methyl sites for hydroxylation is 1. The van der Waals surface area contributed by atoms with Gasteiger partial charge in [0.05, 0.1) is 10.6 Å². The summed E-state index contributed by atoms with van der Waals surface area (Å²) in [6, 6.07) is 1.56. The molecule has 1 atom stereocenters. The van der Waals surface area contributed by atoms with Gasteiger partial charge >= 0.3 is 5.97 Å². The van der Waals surface area contributed by atoms with E-state index in [0.29, 0.717) is 5.69 Å². The van der Waals surface area contributed by atoms with Crippen LogP contribution in [0.4, 0.5) is 0 Å². The van der Waals surface area contributed by atoms with E-state index >= 15 is 0 Å². The SMILES string of the molecule is Cc1cc(Cl)c(C(=O)NCCC(O)C(=O)O)cn1. The minimum absolute atomic E-state index is 0.0382. The lowest BCUT2D eigenvalue weighted by atomic mass is 10.2. The van der Waals surface area contributed by atoms with Crippen LogP contribution in [0, 0.1) is 6.92 Å². The van der Waals surface area contributed by atoms with Gasteiger partial charge in [-0.05, 0) is 13.0 Å². The fourth-order valence-corrected chi connectivity index (χ4v) is 1.53. The normalized spacial score (nSPS) is 11.9. The monoisotopic (exact) mass is 272 g/mol. The van der Waals surface area contributed by atoms with Crippen LogP contribution in [0.15, 0.2) is 12.3 Å². The summed E-state index contributed by atoms with van der Waals surface area (Å²) in [6.07, 6.45) is -0.213. The molecule has 1 aromatic rings. The highest BCUT2D eigenvalue weighted by Crippen LogP contribution is 2.15. The van der Waals surface area contributed by atoms with Crippen molar-refractivity contribution in [2.24, 2.45) is 0 Å². The van der Waals surface area contributed by atoms with Gasteiger partial charge in [0, 0.05) is 24.9 Å². The van der Waals surface area contributed by atoms with E-state index in [1.54, 1.807) is 13.0 Å². The second-order valence-corrected chi connectivity index (χ2v) is 4.11. The summed E-state index contributed by atoms with van der Waals surface area (Å²) in [5.74, 6) is -1.77. The minimum atomic E-state index is -1.49. The van der Waals surface area contributed by atoms with Crippen molar-refractivity contribution < 1.29 is 19.8 Å². The third-order valence-electron chi connectivity index (χ3n) is 2.22. The summed E-state index contributed by atoms with van der Waals surface area (Å²) >= 11 is 5.87. The van der Waals surface area contributed by atoms with E-state index in [-0.39, 0.29) is 23.6 Å². The lowest BCUT2D eigenvalue weighted by Gasteiger charge is -2.08. The first kappa shape index (κ1) is 14.4. The van der Waals surface area contributed by atoms with Gasteiger partial charge in [-0.3, -0.25) is 9.78 Å². The molecule has 7 heteroatoms. The van der Waals surface area contributed by atoms with Crippen molar-refractivity contribution in [3.63, 3.8) is 0 Å². The van der Waals surface area contributed by atoms with E-state index in [1.807, 2.05) is 0 Å². The Morgan fingerprint density at radius 1 is 1.56 bits per heavy atom. The number of aliphatic hydroxyl groups is 1. The molecule has 1 unspecified atom stereocenters. The zero-order valence-electron chi connectivity index (χ0n) is 9.68. The maximum atomic E-state index is 11.7. The summed E-state index contributed by atoms with van der Waals surface area (Å²) in [5, 5.41) is 20.2. The Hall–Kier alpha value is -1.66. The molecule has 1 amide bonds. The molecule has 0 aliphatic carbocycles. The Morgan fingerprint density at radius 3 is 2.78 bits per heavy atom. The Kier molecular flexibility index (Phi) is 5.06. The summed E-state index contributed by atoms with van der Waals surface area (Å²) in [7, 11) is 0. The molecule has 0 aliphatic rings. The minimum Gasteiger partial charge on any atom is -0.479 e. The van der Waals surface area contributed by atoms with Crippen LogP contribution in [0.3, 0.4) is 0 Å². The number of rotatable bonds is 5. The summed E-state index contributed by atoms with van der Waals surface area (Å²) in [4.78, 5) is 25.9. The molecule has 0 aliphatic heterocycles. The lowest BCUT2D eigenvalue weighted by molar-refractivity contribution is -0.146. The van der Waals surface area contributed by atoms with Crippen LogP contribution in [0.1, 0.15) is 22.5 Å².